The van der Waals surface area contributed by atoms with Crippen molar-refractivity contribution in [3.8, 4) is 0 Å². The molecule has 16 heavy (non-hydrogen) atoms. The van der Waals surface area contributed by atoms with Crippen LogP contribution in [0.25, 0.3) is 0 Å². The van der Waals surface area contributed by atoms with Gasteiger partial charge in [-0.15, -0.1) is 0 Å². The van der Waals surface area contributed by atoms with Crippen molar-refractivity contribution in [2.24, 2.45) is 11.3 Å². The van der Waals surface area contributed by atoms with Gasteiger partial charge in [-0.1, -0.05) is 20.8 Å². The van der Waals surface area contributed by atoms with Crippen molar-refractivity contribution < 1.29 is 0 Å². The molecule has 1 aliphatic heterocycles. The highest BCUT2D eigenvalue weighted by Crippen LogP contribution is 2.19. The van der Waals surface area contributed by atoms with E-state index in [2.05, 4.69) is 38.0 Å². The van der Waals surface area contributed by atoms with Crippen molar-refractivity contribution in [3.05, 3.63) is 0 Å². The summed E-state index contributed by atoms with van der Waals surface area (Å²) in [7, 11) is 2.23. The number of piperidine rings is 1. The van der Waals surface area contributed by atoms with Crippen LogP contribution in [0.15, 0.2) is 0 Å². The Morgan fingerprint density at radius 2 is 1.75 bits per heavy atom. The SMILES string of the molecule is CN1CCC(CCNCCC(C)(C)C)CC1. The van der Waals surface area contributed by atoms with Gasteiger partial charge in [-0.2, -0.15) is 0 Å². The summed E-state index contributed by atoms with van der Waals surface area (Å²) >= 11 is 0. The van der Waals surface area contributed by atoms with E-state index in [1.165, 1.54) is 51.9 Å². The summed E-state index contributed by atoms with van der Waals surface area (Å²) in [6.07, 6.45) is 5.45. The highest BCUT2D eigenvalue weighted by atomic mass is 15.1. The molecule has 1 aliphatic rings. The third-order valence-electron chi connectivity index (χ3n) is 3.62. The summed E-state index contributed by atoms with van der Waals surface area (Å²) < 4.78 is 0. The van der Waals surface area contributed by atoms with E-state index in [9.17, 15) is 0 Å². The van der Waals surface area contributed by atoms with Crippen molar-refractivity contribution >= 4 is 0 Å². The van der Waals surface area contributed by atoms with E-state index in [0.29, 0.717) is 5.41 Å². The normalized spacial score (nSPS) is 20.2. The zero-order valence-corrected chi connectivity index (χ0v) is 11.7. The lowest BCUT2D eigenvalue weighted by Crippen LogP contribution is -2.32. The molecule has 2 nitrogen and oxygen atoms in total. The summed E-state index contributed by atoms with van der Waals surface area (Å²) in [5.41, 5.74) is 0.473. The first-order valence-electron chi connectivity index (χ1n) is 6.87. The molecular formula is C14H30N2. The van der Waals surface area contributed by atoms with E-state index in [1.54, 1.807) is 0 Å². The van der Waals surface area contributed by atoms with Gasteiger partial charge >= 0.3 is 0 Å². The third kappa shape index (κ3) is 6.49. The minimum atomic E-state index is 0.473. The summed E-state index contributed by atoms with van der Waals surface area (Å²) in [5, 5.41) is 3.59. The Kier molecular flexibility index (Phi) is 5.77. The maximum Gasteiger partial charge on any atom is -0.00191 e. The van der Waals surface area contributed by atoms with Crippen LogP contribution in [-0.2, 0) is 0 Å². The molecule has 1 N–H and O–H groups in total. The van der Waals surface area contributed by atoms with Gasteiger partial charge in [0.05, 0.1) is 0 Å². The van der Waals surface area contributed by atoms with Gasteiger partial charge in [-0.05, 0) is 70.2 Å². The van der Waals surface area contributed by atoms with Crippen LogP contribution in [0.4, 0.5) is 0 Å². The number of likely N-dealkylation sites (tertiary alicyclic amines) is 1. The Labute approximate surface area is 102 Å². The predicted molar refractivity (Wildman–Crippen MR) is 71.8 cm³/mol. The third-order valence-corrected chi connectivity index (χ3v) is 3.62. The second-order valence-electron chi connectivity index (χ2n) is 6.60. The standard InChI is InChI=1S/C14H30N2/c1-14(2,3)8-10-15-9-5-13-6-11-16(4)12-7-13/h13,15H,5-12H2,1-4H3. The molecule has 1 heterocycles. The predicted octanol–water partition coefficient (Wildman–Crippen LogP) is 2.74. The van der Waals surface area contributed by atoms with Crippen LogP contribution in [0.1, 0.15) is 46.5 Å². The van der Waals surface area contributed by atoms with Crippen LogP contribution in [-0.4, -0.2) is 38.1 Å². The van der Waals surface area contributed by atoms with Gasteiger partial charge in [0.25, 0.3) is 0 Å². The Bertz CT molecular complexity index is 176. The summed E-state index contributed by atoms with van der Waals surface area (Å²) in [4.78, 5) is 2.45. The average Bonchev–Trinajstić information content (AvgIpc) is 2.19. The van der Waals surface area contributed by atoms with Crippen molar-refractivity contribution in [2.45, 2.75) is 46.5 Å². The lowest BCUT2D eigenvalue weighted by molar-refractivity contribution is 0.211. The van der Waals surface area contributed by atoms with Gasteiger partial charge in [-0.3, -0.25) is 0 Å². The second-order valence-corrected chi connectivity index (χ2v) is 6.60. The van der Waals surface area contributed by atoms with Crippen molar-refractivity contribution in [1.29, 1.82) is 0 Å². The van der Waals surface area contributed by atoms with Gasteiger partial charge in [0.1, 0.15) is 0 Å². The summed E-state index contributed by atoms with van der Waals surface area (Å²) in [6.45, 7) is 11.9. The van der Waals surface area contributed by atoms with Crippen LogP contribution < -0.4 is 5.32 Å². The second kappa shape index (κ2) is 6.61. The monoisotopic (exact) mass is 226 g/mol. The lowest BCUT2D eigenvalue weighted by Gasteiger charge is -2.29. The number of hydrogen-bond acceptors (Lipinski definition) is 2. The Morgan fingerprint density at radius 3 is 2.31 bits per heavy atom. The van der Waals surface area contributed by atoms with Gasteiger partial charge < -0.3 is 10.2 Å². The fourth-order valence-corrected chi connectivity index (χ4v) is 2.25. The largest absolute Gasteiger partial charge is 0.317 e. The topological polar surface area (TPSA) is 15.3 Å². The minimum absolute atomic E-state index is 0.473. The molecule has 0 aromatic heterocycles. The smallest absolute Gasteiger partial charge is 0.00191 e. The molecule has 0 spiro atoms. The summed E-state index contributed by atoms with van der Waals surface area (Å²) in [5.74, 6) is 0.971. The molecule has 0 aromatic carbocycles. The van der Waals surface area contributed by atoms with Crippen LogP contribution >= 0.6 is 0 Å². The first-order valence-corrected chi connectivity index (χ1v) is 6.87. The number of hydrogen-bond donors (Lipinski definition) is 1. The molecule has 0 atom stereocenters. The van der Waals surface area contributed by atoms with Crippen LogP contribution in [0.2, 0.25) is 0 Å². The van der Waals surface area contributed by atoms with E-state index >= 15 is 0 Å². The van der Waals surface area contributed by atoms with Gasteiger partial charge in [0.2, 0.25) is 0 Å². The molecular weight excluding hydrogens is 196 g/mol. The molecule has 1 saturated heterocycles. The Morgan fingerprint density at radius 1 is 1.12 bits per heavy atom. The lowest BCUT2D eigenvalue weighted by atomic mass is 9.92. The van der Waals surface area contributed by atoms with Gasteiger partial charge in [-0.25, -0.2) is 0 Å². The molecule has 0 aliphatic carbocycles. The van der Waals surface area contributed by atoms with E-state index in [4.69, 9.17) is 0 Å². The highest BCUT2D eigenvalue weighted by molar-refractivity contribution is 4.71. The molecule has 1 rings (SSSR count). The zero-order chi connectivity index (χ0) is 12.0. The van der Waals surface area contributed by atoms with Crippen LogP contribution in [0.5, 0.6) is 0 Å². The van der Waals surface area contributed by atoms with E-state index in [0.717, 1.165) is 5.92 Å². The van der Waals surface area contributed by atoms with Crippen molar-refractivity contribution in [2.75, 3.05) is 33.2 Å². The van der Waals surface area contributed by atoms with Crippen molar-refractivity contribution in [3.63, 3.8) is 0 Å². The number of nitrogens with zero attached hydrogens (tertiary/aromatic N) is 1. The molecule has 96 valence electrons. The Balaban J connectivity index is 1.95. The molecule has 1 fully saturated rings. The zero-order valence-electron chi connectivity index (χ0n) is 11.7. The maximum absolute atomic E-state index is 3.59. The van der Waals surface area contributed by atoms with Gasteiger partial charge in [0, 0.05) is 0 Å². The fourth-order valence-electron chi connectivity index (χ4n) is 2.25. The Hall–Kier alpha value is -0.0800. The first-order chi connectivity index (χ1) is 7.47. The molecule has 0 aromatic rings. The molecule has 0 unspecified atom stereocenters. The molecule has 0 radical (unpaired) electrons. The molecule has 0 bridgehead atoms. The van der Waals surface area contributed by atoms with Crippen LogP contribution in [0.3, 0.4) is 0 Å². The molecule has 0 saturated carbocycles. The van der Waals surface area contributed by atoms with E-state index in [1.807, 2.05) is 0 Å². The fraction of sp³-hybridized carbons (Fsp3) is 1.00. The quantitative estimate of drug-likeness (QED) is 0.725. The van der Waals surface area contributed by atoms with Crippen molar-refractivity contribution in [1.82, 2.24) is 10.2 Å². The van der Waals surface area contributed by atoms with Gasteiger partial charge in [0.15, 0.2) is 0 Å². The van der Waals surface area contributed by atoms with E-state index in [-0.39, 0.29) is 0 Å². The average molecular weight is 226 g/mol. The maximum atomic E-state index is 3.59. The molecule has 2 heteroatoms. The first kappa shape index (κ1) is 14.0. The number of rotatable bonds is 5. The number of nitrogens with one attached hydrogen (secondary N) is 1. The summed E-state index contributed by atoms with van der Waals surface area (Å²) in [6, 6.07) is 0. The van der Waals surface area contributed by atoms with Crippen LogP contribution in [0, 0.1) is 11.3 Å². The highest BCUT2D eigenvalue weighted by Gasteiger charge is 2.16. The van der Waals surface area contributed by atoms with E-state index < -0.39 is 0 Å². The molecule has 0 amide bonds. The minimum Gasteiger partial charge on any atom is -0.317 e.